The van der Waals surface area contributed by atoms with E-state index in [1.807, 2.05) is 30.3 Å². The van der Waals surface area contributed by atoms with Crippen LogP contribution in [0.3, 0.4) is 0 Å². The predicted octanol–water partition coefficient (Wildman–Crippen LogP) is 3.81. The minimum absolute atomic E-state index is 0.221. The standard InChI is InChI=1S/C21H22FN5S/c22-17-7-5-16(6-8-17)13-27-20-4-2-1-3-19(20)25-21(27)24-18-9-11-26(14-18)12-10-23-15-28/h1-8,18H,9-14H2,(H,24,25). The molecule has 0 aliphatic carbocycles. The topological polar surface area (TPSA) is 45.5 Å². The molecule has 3 aromatic rings. The van der Waals surface area contributed by atoms with Gasteiger partial charge in [0.2, 0.25) is 5.95 Å². The second-order valence-electron chi connectivity index (χ2n) is 7.04. The fourth-order valence-electron chi connectivity index (χ4n) is 3.69. The summed E-state index contributed by atoms with van der Waals surface area (Å²) in [7, 11) is 0. The zero-order valence-electron chi connectivity index (χ0n) is 15.5. The van der Waals surface area contributed by atoms with Gasteiger partial charge in [-0.2, -0.15) is 0 Å². The van der Waals surface area contributed by atoms with Crippen molar-refractivity contribution in [3.8, 4) is 0 Å². The molecule has 1 saturated heterocycles. The Balaban J connectivity index is 1.53. The molecule has 2 heterocycles. The van der Waals surface area contributed by atoms with E-state index in [-0.39, 0.29) is 5.82 Å². The Morgan fingerprint density at radius 2 is 2.04 bits per heavy atom. The van der Waals surface area contributed by atoms with Crippen LogP contribution < -0.4 is 5.32 Å². The Hall–Kier alpha value is -2.60. The molecule has 0 saturated carbocycles. The van der Waals surface area contributed by atoms with Gasteiger partial charge in [0, 0.05) is 25.7 Å². The van der Waals surface area contributed by atoms with E-state index in [4.69, 9.17) is 4.98 Å². The van der Waals surface area contributed by atoms with Gasteiger partial charge in [0.1, 0.15) is 5.82 Å². The number of aromatic nitrogens is 2. The van der Waals surface area contributed by atoms with E-state index >= 15 is 0 Å². The third-order valence-corrected chi connectivity index (χ3v) is 5.24. The van der Waals surface area contributed by atoms with Crippen molar-refractivity contribution in [1.82, 2.24) is 14.5 Å². The molecule has 1 fully saturated rings. The summed E-state index contributed by atoms with van der Waals surface area (Å²) in [4.78, 5) is 11.2. The molecule has 0 amide bonds. The van der Waals surface area contributed by atoms with Gasteiger partial charge in [-0.25, -0.2) is 14.4 Å². The molecule has 28 heavy (non-hydrogen) atoms. The van der Waals surface area contributed by atoms with E-state index in [9.17, 15) is 4.39 Å². The van der Waals surface area contributed by atoms with Crippen LogP contribution in [-0.4, -0.2) is 51.8 Å². The molecular weight excluding hydrogens is 373 g/mol. The van der Waals surface area contributed by atoms with Crippen LogP contribution in [0.15, 0.2) is 53.5 Å². The number of thiocarbonyl (C=S) groups is 1. The number of anilines is 1. The molecule has 1 aliphatic heterocycles. The van der Waals surface area contributed by atoms with Crippen molar-refractivity contribution in [1.29, 1.82) is 0 Å². The van der Waals surface area contributed by atoms with Crippen molar-refractivity contribution < 1.29 is 4.39 Å². The fourth-order valence-corrected chi connectivity index (χ4v) is 3.78. The third kappa shape index (κ3) is 4.28. The first-order valence-electron chi connectivity index (χ1n) is 9.45. The Morgan fingerprint density at radius 1 is 1.21 bits per heavy atom. The fraction of sp³-hybridized carbons (Fsp3) is 0.333. The minimum Gasteiger partial charge on any atom is -0.352 e. The normalized spacial score (nSPS) is 17.0. The number of halogens is 1. The van der Waals surface area contributed by atoms with E-state index in [1.165, 1.54) is 12.1 Å². The van der Waals surface area contributed by atoms with Crippen molar-refractivity contribution in [2.75, 3.05) is 31.5 Å². The second kappa shape index (κ2) is 8.61. The zero-order valence-corrected chi connectivity index (χ0v) is 16.3. The average molecular weight is 396 g/mol. The van der Waals surface area contributed by atoms with Crippen LogP contribution in [0.4, 0.5) is 10.3 Å². The maximum absolute atomic E-state index is 13.3. The molecule has 0 radical (unpaired) electrons. The van der Waals surface area contributed by atoms with Crippen molar-refractivity contribution in [2.45, 2.75) is 19.0 Å². The van der Waals surface area contributed by atoms with Crippen molar-refractivity contribution in [2.24, 2.45) is 4.99 Å². The summed E-state index contributed by atoms with van der Waals surface area (Å²) in [6.45, 7) is 4.21. The summed E-state index contributed by atoms with van der Waals surface area (Å²) < 4.78 is 15.4. The first-order chi connectivity index (χ1) is 13.7. The molecule has 7 heteroatoms. The van der Waals surface area contributed by atoms with E-state index < -0.39 is 0 Å². The first-order valence-corrected chi connectivity index (χ1v) is 9.86. The number of nitrogens with zero attached hydrogens (tertiary/aromatic N) is 4. The number of rotatable bonds is 7. The lowest BCUT2D eigenvalue weighted by atomic mass is 10.2. The number of benzene rings is 2. The van der Waals surface area contributed by atoms with Gasteiger partial charge in [0.25, 0.3) is 0 Å². The summed E-state index contributed by atoms with van der Waals surface area (Å²) >= 11 is 4.63. The van der Waals surface area contributed by atoms with Crippen LogP contribution >= 0.6 is 12.2 Å². The van der Waals surface area contributed by atoms with Crippen LogP contribution in [0.2, 0.25) is 0 Å². The first kappa shape index (κ1) is 18.7. The highest BCUT2D eigenvalue weighted by atomic mass is 32.1. The van der Waals surface area contributed by atoms with Crippen LogP contribution in [0, 0.1) is 5.82 Å². The smallest absolute Gasteiger partial charge is 0.204 e. The van der Waals surface area contributed by atoms with Gasteiger partial charge in [-0.1, -0.05) is 24.3 Å². The van der Waals surface area contributed by atoms with Gasteiger partial charge in [0.15, 0.2) is 0 Å². The highest BCUT2D eigenvalue weighted by Crippen LogP contribution is 2.23. The molecule has 0 spiro atoms. The molecule has 5 nitrogen and oxygen atoms in total. The lowest BCUT2D eigenvalue weighted by Gasteiger charge is -2.17. The molecule has 144 valence electrons. The SMILES string of the molecule is Fc1ccc(Cn2c(NC3CCN(CCN=C=S)C3)nc3ccccc32)cc1. The van der Waals surface area contributed by atoms with Crippen LogP contribution in [0.1, 0.15) is 12.0 Å². The number of para-hydroxylation sites is 2. The van der Waals surface area contributed by atoms with Crippen LogP contribution in [0.5, 0.6) is 0 Å². The van der Waals surface area contributed by atoms with Gasteiger partial charge < -0.3 is 9.88 Å². The molecular formula is C21H22FN5S. The zero-order chi connectivity index (χ0) is 19.3. The Morgan fingerprint density at radius 3 is 2.86 bits per heavy atom. The number of fused-ring (bicyclic) bond motifs is 1. The van der Waals surface area contributed by atoms with Gasteiger partial charge in [-0.05, 0) is 48.5 Å². The summed E-state index contributed by atoms with van der Waals surface area (Å²) in [5.41, 5.74) is 3.07. The molecule has 1 aromatic heterocycles. The van der Waals surface area contributed by atoms with Gasteiger partial charge >= 0.3 is 0 Å². The number of likely N-dealkylation sites (tertiary alicyclic amines) is 1. The summed E-state index contributed by atoms with van der Waals surface area (Å²) in [5.74, 6) is 0.635. The van der Waals surface area contributed by atoms with E-state index in [2.05, 4.69) is 43.2 Å². The lowest BCUT2D eigenvalue weighted by Crippen LogP contribution is -2.29. The van der Waals surface area contributed by atoms with Crippen molar-refractivity contribution >= 4 is 34.4 Å². The number of aliphatic imine (C=N–C) groups is 1. The number of imidazole rings is 1. The maximum atomic E-state index is 13.3. The highest BCUT2D eigenvalue weighted by molar-refractivity contribution is 7.78. The summed E-state index contributed by atoms with van der Waals surface area (Å²) in [6, 6.07) is 15.1. The molecule has 0 bridgehead atoms. The number of hydrogen-bond donors (Lipinski definition) is 1. The van der Waals surface area contributed by atoms with Gasteiger partial charge in [-0.15, -0.1) is 0 Å². The lowest BCUT2D eigenvalue weighted by molar-refractivity contribution is 0.346. The minimum atomic E-state index is -0.221. The molecule has 1 atom stereocenters. The van der Waals surface area contributed by atoms with E-state index in [0.29, 0.717) is 19.1 Å². The predicted molar refractivity (Wildman–Crippen MR) is 114 cm³/mol. The second-order valence-corrected chi connectivity index (χ2v) is 7.22. The number of isothiocyanates is 1. The average Bonchev–Trinajstić information content (AvgIpc) is 3.29. The number of hydrogen-bond acceptors (Lipinski definition) is 5. The third-order valence-electron chi connectivity index (χ3n) is 5.11. The van der Waals surface area contributed by atoms with Crippen LogP contribution in [-0.2, 0) is 6.54 Å². The number of nitrogens with one attached hydrogen (secondary N) is 1. The van der Waals surface area contributed by atoms with E-state index in [1.54, 1.807) is 0 Å². The maximum Gasteiger partial charge on any atom is 0.204 e. The monoisotopic (exact) mass is 395 g/mol. The quantitative estimate of drug-likeness (QED) is 0.488. The molecule has 2 aromatic carbocycles. The Kier molecular flexibility index (Phi) is 5.76. The largest absolute Gasteiger partial charge is 0.352 e. The van der Waals surface area contributed by atoms with Crippen molar-refractivity contribution in [3.63, 3.8) is 0 Å². The Labute approximate surface area is 168 Å². The highest BCUT2D eigenvalue weighted by Gasteiger charge is 2.23. The van der Waals surface area contributed by atoms with Crippen LogP contribution in [0.25, 0.3) is 11.0 Å². The van der Waals surface area contributed by atoms with Crippen molar-refractivity contribution in [3.05, 3.63) is 59.9 Å². The van der Waals surface area contributed by atoms with E-state index in [0.717, 1.165) is 48.6 Å². The molecule has 1 unspecified atom stereocenters. The van der Waals surface area contributed by atoms with Gasteiger partial charge in [-0.3, -0.25) is 4.90 Å². The molecule has 4 rings (SSSR count). The summed E-state index contributed by atoms with van der Waals surface area (Å²) in [5, 5.41) is 6.04. The summed E-state index contributed by atoms with van der Waals surface area (Å²) in [6.07, 6.45) is 1.06. The molecule has 1 N–H and O–H groups in total. The van der Waals surface area contributed by atoms with Gasteiger partial charge in [0.05, 0.1) is 29.3 Å². The Bertz CT molecular complexity index is 994. The molecule has 1 aliphatic rings.